The Morgan fingerprint density at radius 2 is 2.35 bits per heavy atom. The van der Waals surface area contributed by atoms with Crippen molar-refractivity contribution in [1.82, 2.24) is 10.2 Å². The standard InChI is InChI=1S/C14H16FN3OS/c1-3-4-11(17-14-18-16-9-20-14)7-10-5-6-12(15)13(8-10)19-2/h4-6,8-9H,3,7H2,1-2H3,(H,17,18)/b11-4+. The monoisotopic (exact) mass is 293 g/mol. The average Bonchev–Trinajstić information content (AvgIpc) is 2.94. The summed E-state index contributed by atoms with van der Waals surface area (Å²) in [7, 11) is 1.46. The molecular weight excluding hydrogens is 277 g/mol. The van der Waals surface area contributed by atoms with Gasteiger partial charge in [0, 0.05) is 12.1 Å². The normalized spacial score (nSPS) is 11.4. The van der Waals surface area contributed by atoms with Gasteiger partial charge in [0.15, 0.2) is 11.6 Å². The molecule has 0 radical (unpaired) electrons. The Bertz CT molecular complexity index is 584. The molecule has 20 heavy (non-hydrogen) atoms. The van der Waals surface area contributed by atoms with Crippen molar-refractivity contribution in [3.8, 4) is 5.75 Å². The van der Waals surface area contributed by atoms with Gasteiger partial charge in [-0.1, -0.05) is 30.4 Å². The molecule has 0 fully saturated rings. The van der Waals surface area contributed by atoms with E-state index in [1.807, 2.05) is 0 Å². The van der Waals surface area contributed by atoms with Gasteiger partial charge in [0.2, 0.25) is 5.13 Å². The first kappa shape index (κ1) is 14.5. The predicted molar refractivity (Wildman–Crippen MR) is 78.6 cm³/mol. The van der Waals surface area contributed by atoms with Crippen LogP contribution in [-0.2, 0) is 6.42 Å². The minimum atomic E-state index is -0.352. The maximum absolute atomic E-state index is 13.4. The zero-order valence-electron chi connectivity index (χ0n) is 11.4. The second-order valence-corrected chi connectivity index (χ2v) is 4.99. The molecule has 1 heterocycles. The Labute approximate surface area is 121 Å². The number of nitrogens with zero attached hydrogens (tertiary/aromatic N) is 2. The molecule has 0 unspecified atom stereocenters. The fourth-order valence-electron chi connectivity index (χ4n) is 1.81. The van der Waals surface area contributed by atoms with Gasteiger partial charge < -0.3 is 10.1 Å². The van der Waals surface area contributed by atoms with Crippen molar-refractivity contribution in [2.75, 3.05) is 12.4 Å². The van der Waals surface area contributed by atoms with E-state index in [2.05, 4.69) is 28.5 Å². The van der Waals surface area contributed by atoms with E-state index >= 15 is 0 Å². The molecule has 2 rings (SSSR count). The van der Waals surface area contributed by atoms with Gasteiger partial charge in [-0.05, 0) is 24.1 Å². The quantitative estimate of drug-likeness (QED) is 0.883. The molecule has 4 nitrogen and oxygen atoms in total. The predicted octanol–water partition coefficient (Wildman–Crippen LogP) is 3.63. The van der Waals surface area contributed by atoms with Gasteiger partial charge in [-0.25, -0.2) is 4.39 Å². The van der Waals surface area contributed by atoms with Crippen LogP contribution in [0.15, 0.2) is 35.5 Å². The maximum atomic E-state index is 13.4. The van der Waals surface area contributed by atoms with Crippen molar-refractivity contribution >= 4 is 16.5 Å². The summed E-state index contributed by atoms with van der Waals surface area (Å²) in [6.45, 7) is 2.06. The van der Waals surface area contributed by atoms with Gasteiger partial charge in [0.1, 0.15) is 5.51 Å². The van der Waals surface area contributed by atoms with Crippen molar-refractivity contribution in [1.29, 1.82) is 0 Å². The van der Waals surface area contributed by atoms with Crippen LogP contribution in [0.5, 0.6) is 5.75 Å². The Kier molecular flexibility index (Phi) is 5.06. The van der Waals surface area contributed by atoms with Crippen molar-refractivity contribution in [3.63, 3.8) is 0 Å². The molecule has 0 atom stereocenters. The lowest BCUT2D eigenvalue weighted by molar-refractivity contribution is 0.386. The smallest absolute Gasteiger partial charge is 0.209 e. The SMILES string of the molecule is CC/C=C(\Cc1ccc(F)c(OC)c1)Nc1nncs1. The number of methoxy groups -OCH3 is 1. The van der Waals surface area contributed by atoms with E-state index in [1.54, 1.807) is 17.6 Å². The van der Waals surface area contributed by atoms with E-state index in [1.165, 1.54) is 24.5 Å². The van der Waals surface area contributed by atoms with Crippen LogP contribution in [-0.4, -0.2) is 17.3 Å². The minimum Gasteiger partial charge on any atom is -0.494 e. The highest BCUT2D eigenvalue weighted by atomic mass is 32.1. The van der Waals surface area contributed by atoms with Crippen LogP contribution < -0.4 is 10.1 Å². The van der Waals surface area contributed by atoms with Gasteiger partial charge in [0.25, 0.3) is 0 Å². The zero-order chi connectivity index (χ0) is 14.4. The average molecular weight is 293 g/mol. The first-order valence-corrected chi connectivity index (χ1v) is 7.15. The maximum Gasteiger partial charge on any atom is 0.209 e. The molecule has 0 aliphatic rings. The molecule has 1 aromatic heterocycles. The summed E-state index contributed by atoms with van der Waals surface area (Å²) in [4.78, 5) is 0. The third kappa shape index (κ3) is 3.77. The van der Waals surface area contributed by atoms with E-state index < -0.39 is 0 Å². The first-order valence-electron chi connectivity index (χ1n) is 6.27. The third-order valence-electron chi connectivity index (χ3n) is 2.69. The van der Waals surface area contributed by atoms with Crippen LogP contribution in [0, 0.1) is 5.82 Å². The molecule has 106 valence electrons. The van der Waals surface area contributed by atoms with Crippen LogP contribution in [0.2, 0.25) is 0 Å². The van der Waals surface area contributed by atoms with Gasteiger partial charge in [-0.2, -0.15) is 0 Å². The summed E-state index contributed by atoms with van der Waals surface area (Å²) in [6, 6.07) is 4.88. The van der Waals surface area contributed by atoms with Gasteiger partial charge >= 0.3 is 0 Å². The number of hydrogen-bond acceptors (Lipinski definition) is 5. The van der Waals surface area contributed by atoms with Gasteiger partial charge in [-0.3, -0.25) is 0 Å². The summed E-state index contributed by atoms with van der Waals surface area (Å²) >= 11 is 1.44. The fourth-order valence-corrected chi connectivity index (χ4v) is 2.29. The van der Waals surface area contributed by atoms with Crippen molar-refractivity contribution in [2.45, 2.75) is 19.8 Å². The van der Waals surface area contributed by atoms with Crippen molar-refractivity contribution in [3.05, 3.63) is 46.9 Å². The molecule has 0 aliphatic carbocycles. The Balaban J connectivity index is 2.14. The van der Waals surface area contributed by atoms with Crippen LogP contribution in [0.25, 0.3) is 0 Å². The van der Waals surface area contributed by atoms with Gasteiger partial charge in [-0.15, -0.1) is 10.2 Å². The van der Waals surface area contributed by atoms with E-state index in [9.17, 15) is 4.39 Å². The number of benzene rings is 1. The van der Waals surface area contributed by atoms with Crippen molar-refractivity contribution in [2.24, 2.45) is 0 Å². The van der Waals surface area contributed by atoms with Gasteiger partial charge in [0.05, 0.1) is 7.11 Å². The summed E-state index contributed by atoms with van der Waals surface area (Å²) < 4.78 is 18.4. The number of hydrogen-bond donors (Lipinski definition) is 1. The Morgan fingerprint density at radius 3 is 3.00 bits per heavy atom. The molecule has 0 saturated carbocycles. The van der Waals surface area contributed by atoms with Crippen molar-refractivity contribution < 1.29 is 9.13 Å². The second-order valence-electron chi connectivity index (χ2n) is 4.15. The summed E-state index contributed by atoms with van der Waals surface area (Å²) in [5.74, 6) is -0.0939. The molecule has 0 aliphatic heterocycles. The highest BCUT2D eigenvalue weighted by molar-refractivity contribution is 7.13. The molecule has 0 spiro atoms. The van der Waals surface area contributed by atoms with Crippen LogP contribution >= 0.6 is 11.3 Å². The van der Waals surface area contributed by atoms with Crippen LogP contribution in [0.1, 0.15) is 18.9 Å². The number of allylic oxidation sites excluding steroid dienone is 2. The number of nitrogens with one attached hydrogen (secondary N) is 1. The van der Waals surface area contributed by atoms with E-state index in [0.29, 0.717) is 6.42 Å². The molecule has 2 aromatic rings. The van der Waals surface area contributed by atoms with E-state index in [4.69, 9.17) is 4.74 Å². The first-order chi connectivity index (χ1) is 9.72. The number of halogens is 1. The lowest BCUT2D eigenvalue weighted by atomic mass is 10.1. The van der Waals surface area contributed by atoms with E-state index in [-0.39, 0.29) is 11.6 Å². The Morgan fingerprint density at radius 1 is 1.50 bits per heavy atom. The lowest BCUT2D eigenvalue weighted by Crippen LogP contribution is -2.03. The minimum absolute atomic E-state index is 0.259. The molecular formula is C14H16FN3OS. The lowest BCUT2D eigenvalue weighted by Gasteiger charge is -2.10. The number of aromatic nitrogens is 2. The highest BCUT2D eigenvalue weighted by Gasteiger charge is 2.07. The largest absolute Gasteiger partial charge is 0.494 e. The molecule has 1 aromatic carbocycles. The summed E-state index contributed by atoms with van der Waals surface area (Å²) in [6.07, 6.45) is 3.64. The molecule has 0 saturated heterocycles. The molecule has 0 bridgehead atoms. The molecule has 0 amide bonds. The molecule has 6 heteroatoms. The number of rotatable bonds is 6. The summed E-state index contributed by atoms with van der Waals surface area (Å²) in [5, 5.41) is 11.7. The van der Waals surface area contributed by atoms with E-state index in [0.717, 1.165) is 22.8 Å². The second kappa shape index (κ2) is 7.00. The van der Waals surface area contributed by atoms with Crippen LogP contribution in [0.4, 0.5) is 9.52 Å². The number of anilines is 1. The third-order valence-corrected chi connectivity index (χ3v) is 3.29. The zero-order valence-corrected chi connectivity index (χ0v) is 12.2. The summed E-state index contributed by atoms with van der Waals surface area (Å²) in [5.41, 5.74) is 3.66. The number of ether oxygens (including phenoxy) is 1. The highest BCUT2D eigenvalue weighted by Crippen LogP contribution is 2.21. The Hall–Kier alpha value is -1.95. The molecule has 1 N–H and O–H groups in total. The topological polar surface area (TPSA) is 47.0 Å². The van der Waals surface area contributed by atoms with Crippen LogP contribution in [0.3, 0.4) is 0 Å². The fraction of sp³-hybridized carbons (Fsp3) is 0.286.